The van der Waals surface area contributed by atoms with E-state index in [1.54, 1.807) is 36.1 Å². The molecular weight excluding hydrogens is 294 g/mol. The molecule has 116 valence electrons. The van der Waals surface area contributed by atoms with Gasteiger partial charge in [0.05, 0.1) is 22.9 Å². The minimum absolute atomic E-state index is 0.0988. The fraction of sp³-hybridized carbons (Fsp3) is 0.118. The zero-order valence-corrected chi connectivity index (χ0v) is 12.7. The number of benzene rings is 2. The number of carboxylic acid groups (broad SMARTS) is 1. The molecule has 1 aromatic heterocycles. The molecule has 0 atom stereocenters. The number of carboxylic acids is 1. The Balaban J connectivity index is 1.98. The summed E-state index contributed by atoms with van der Waals surface area (Å²) in [4.78, 5) is 27.9. The molecule has 0 saturated heterocycles. The molecular formula is C17H15N3O3. The van der Waals surface area contributed by atoms with Crippen LogP contribution in [0.25, 0.3) is 11.0 Å². The number of fused-ring (bicyclic) bond motifs is 1. The number of carbonyl (C=O) groups excluding carboxylic acids is 1. The van der Waals surface area contributed by atoms with Crippen LogP contribution in [0.2, 0.25) is 0 Å². The second-order valence-corrected chi connectivity index (χ2v) is 5.37. The van der Waals surface area contributed by atoms with Gasteiger partial charge in [-0.15, -0.1) is 0 Å². The highest BCUT2D eigenvalue weighted by molar-refractivity contribution is 6.08. The molecule has 0 radical (unpaired) electrons. The van der Waals surface area contributed by atoms with Crippen LogP contribution in [0.4, 0.5) is 5.69 Å². The minimum Gasteiger partial charge on any atom is -0.478 e. The second-order valence-electron chi connectivity index (χ2n) is 5.37. The van der Waals surface area contributed by atoms with Crippen molar-refractivity contribution < 1.29 is 14.7 Å². The Bertz CT molecular complexity index is 911. The topological polar surface area (TPSA) is 84.2 Å². The predicted octanol–water partition coefficient (Wildman–Crippen LogP) is 2.83. The molecule has 6 heteroatoms. The number of aromatic nitrogens is 2. The van der Waals surface area contributed by atoms with Crippen LogP contribution < -0.4 is 5.32 Å². The molecule has 0 saturated carbocycles. The fourth-order valence-electron chi connectivity index (χ4n) is 2.44. The Kier molecular flexibility index (Phi) is 3.57. The largest absolute Gasteiger partial charge is 0.478 e. The maximum Gasteiger partial charge on any atom is 0.337 e. The summed E-state index contributed by atoms with van der Waals surface area (Å²) in [5.41, 5.74) is 3.11. The smallest absolute Gasteiger partial charge is 0.337 e. The molecule has 0 spiro atoms. The summed E-state index contributed by atoms with van der Waals surface area (Å²) < 4.78 is 1.64. The quantitative estimate of drug-likeness (QED) is 0.779. The van der Waals surface area contributed by atoms with Crippen molar-refractivity contribution in [3.63, 3.8) is 0 Å². The average molecular weight is 309 g/mol. The van der Waals surface area contributed by atoms with Crippen LogP contribution in [-0.2, 0) is 7.05 Å². The molecule has 0 aliphatic heterocycles. The molecule has 0 aliphatic carbocycles. The van der Waals surface area contributed by atoms with Crippen LogP contribution in [-0.4, -0.2) is 26.5 Å². The Labute approximate surface area is 132 Å². The minimum atomic E-state index is -1.06. The van der Waals surface area contributed by atoms with E-state index in [2.05, 4.69) is 10.3 Å². The molecule has 3 aromatic rings. The molecule has 3 rings (SSSR count). The highest BCUT2D eigenvalue weighted by Crippen LogP contribution is 2.23. The average Bonchev–Trinajstić information content (AvgIpc) is 2.88. The van der Waals surface area contributed by atoms with Gasteiger partial charge in [-0.25, -0.2) is 9.78 Å². The lowest BCUT2D eigenvalue weighted by molar-refractivity contribution is 0.0698. The lowest BCUT2D eigenvalue weighted by atomic mass is 10.1. The van der Waals surface area contributed by atoms with E-state index < -0.39 is 5.97 Å². The summed E-state index contributed by atoms with van der Waals surface area (Å²) in [5, 5.41) is 12.1. The van der Waals surface area contributed by atoms with Crippen LogP contribution >= 0.6 is 0 Å². The van der Waals surface area contributed by atoms with E-state index in [0.717, 1.165) is 5.56 Å². The van der Waals surface area contributed by atoms with Crippen LogP contribution in [0.1, 0.15) is 26.3 Å². The standard InChI is InChI=1S/C17H15N3O3/c1-10-3-5-11(6-4-10)16(21)19-12-7-13(17(22)23)15-14(8-12)18-9-20(15)2/h3-9H,1-2H3,(H,19,21)(H,22,23). The van der Waals surface area contributed by atoms with Gasteiger partial charge in [-0.2, -0.15) is 0 Å². The number of rotatable bonds is 3. The van der Waals surface area contributed by atoms with Crippen molar-refractivity contribution in [3.05, 3.63) is 59.4 Å². The number of nitrogens with one attached hydrogen (secondary N) is 1. The monoisotopic (exact) mass is 309 g/mol. The van der Waals surface area contributed by atoms with Gasteiger partial charge < -0.3 is 15.0 Å². The van der Waals surface area contributed by atoms with E-state index >= 15 is 0 Å². The zero-order chi connectivity index (χ0) is 16.6. The molecule has 6 nitrogen and oxygen atoms in total. The Hall–Kier alpha value is -3.15. The van der Waals surface area contributed by atoms with Gasteiger partial charge in [-0.1, -0.05) is 17.7 Å². The van der Waals surface area contributed by atoms with Gasteiger partial charge >= 0.3 is 5.97 Å². The number of nitrogens with zero attached hydrogens (tertiary/aromatic N) is 2. The number of anilines is 1. The fourth-order valence-corrected chi connectivity index (χ4v) is 2.44. The number of imidazole rings is 1. The zero-order valence-electron chi connectivity index (χ0n) is 12.7. The number of amides is 1. The number of aryl methyl sites for hydroxylation is 2. The molecule has 0 unspecified atom stereocenters. The van der Waals surface area contributed by atoms with Crippen molar-refractivity contribution in [2.24, 2.45) is 7.05 Å². The van der Waals surface area contributed by atoms with Gasteiger partial charge in [0, 0.05) is 18.3 Å². The van der Waals surface area contributed by atoms with Crippen molar-refractivity contribution in [2.75, 3.05) is 5.32 Å². The van der Waals surface area contributed by atoms with E-state index in [0.29, 0.717) is 22.3 Å². The molecule has 1 amide bonds. The van der Waals surface area contributed by atoms with Crippen molar-refractivity contribution in [1.82, 2.24) is 9.55 Å². The number of hydrogen-bond donors (Lipinski definition) is 2. The van der Waals surface area contributed by atoms with Gasteiger partial charge in [0.1, 0.15) is 0 Å². The third-order valence-corrected chi connectivity index (χ3v) is 3.61. The lowest BCUT2D eigenvalue weighted by Gasteiger charge is -2.08. The van der Waals surface area contributed by atoms with Crippen LogP contribution in [0.15, 0.2) is 42.7 Å². The van der Waals surface area contributed by atoms with E-state index in [1.807, 2.05) is 19.1 Å². The summed E-state index contributed by atoms with van der Waals surface area (Å²) in [5.74, 6) is -1.36. The van der Waals surface area contributed by atoms with Crippen LogP contribution in [0, 0.1) is 6.92 Å². The summed E-state index contributed by atoms with van der Waals surface area (Å²) in [6, 6.07) is 10.2. The van der Waals surface area contributed by atoms with Gasteiger partial charge in [-0.05, 0) is 31.2 Å². The van der Waals surface area contributed by atoms with Crippen molar-refractivity contribution in [1.29, 1.82) is 0 Å². The molecule has 2 N–H and O–H groups in total. The van der Waals surface area contributed by atoms with Gasteiger partial charge in [-0.3, -0.25) is 4.79 Å². The molecule has 1 heterocycles. The normalized spacial score (nSPS) is 10.7. The molecule has 2 aromatic carbocycles. The Morgan fingerprint density at radius 3 is 2.52 bits per heavy atom. The number of carbonyl (C=O) groups is 2. The molecule has 0 aliphatic rings. The Morgan fingerprint density at radius 2 is 1.87 bits per heavy atom. The van der Waals surface area contributed by atoms with Gasteiger partial charge in [0.2, 0.25) is 0 Å². The van der Waals surface area contributed by atoms with Crippen molar-refractivity contribution >= 4 is 28.6 Å². The summed E-state index contributed by atoms with van der Waals surface area (Å²) in [6.07, 6.45) is 1.54. The van der Waals surface area contributed by atoms with E-state index in [-0.39, 0.29) is 11.5 Å². The summed E-state index contributed by atoms with van der Waals surface area (Å²) in [6.45, 7) is 1.94. The Morgan fingerprint density at radius 1 is 1.17 bits per heavy atom. The predicted molar refractivity (Wildman–Crippen MR) is 86.8 cm³/mol. The molecule has 0 bridgehead atoms. The second kappa shape index (κ2) is 5.57. The van der Waals surface area contributed by atoms with Gasteiger partial charge in [0.15, 0.2) is 0 Å². The first-order valence-electron chi connectivity index (χ1n) is 7.02. The molecule has 0 fully saturated rings. The van der Waals surface area contributed by atoms with E-state index in [9.17, 15) is 14.7 Å². The highest BCUT2D eigenvalue weighted by Gasteiger charge is 2.15. The van der Waals surface area contributed by atoms with Gasteiger partial charge in [0.25, 0.3) is 5.91 Å². The number of aromatic carboxylic acids is 1. The van der Waals surface area contributed by atoms with Crippen LogP contribution in [0.3, 0.4) is 0 Å². The first kappa shape index (κ1) is 14.8. The molecule has 23 heavy (non-hydrogen) atoms. The van der Waals surface area contributed by atoms with Crippen LogP contribution in [0.5, 0.6) is 0 Å². The third kappa shape index (κ3) is 2.78. The highest BCUT2D eigenvalue weighted by atomic mass is 16.4. The maximum absolute atomic E-state index is 12.3. The SMILES string of the molecule is Cc1ccc(C(=O)Nc2cc(C(=O)O)c3c(c2)ncn3C)cc1. The third-order valence-electron chi connectivity index (χ3n) is 3.61. The summed E-state index contributed by atoms with van der Waals surface area (Å²) >= 11 is 0. The van der Waals surface area contributed by atoms with Crippen molar-refractivity contribution in [3.8, 4) is 0 Å². The maximum atomic E-state index is 12.3. The lowest BCUT2D eigenvalue weighted by Crippen LogP contribution is -2.12. The summed E-state index contributed by atoms with van der Waals surface area (Å²) in [7, 11) is 1.73. The number of hydrogen-bond acceptors (Lipinski definition) is 3. The van der Waals surface area contributed by atoms with E-state index in [4.69, 9.17) is 0 Å². The van der Waals surface area contributed by atoms with Crippen molar-refractivity contribution in [2.45, 2.75) is 6.92 Å². The first-order chi connectivity index (χ1) is 11.0. The van der Waals surface area contributed by atoms with E-state index in [1.165, 1.54) is 6.07 Å². The first-order valence-corrected chi connectivity index (χ1v) is 7.02.